The summed E-state index contributed by atoms with van der Waals surface area (Å²) in [7, 11) is 0. The van der Waals surface area contributed by atoms with E-state index in [0.29, 0.717) is 12.6 Å². The molecule has 2 amide bonds. The summed E-state index contributed by atoms with van der Waals surface area (Å²) < 4.78 is 0. The van der Waals surface area contributed by atoms with E-state index < -0.39 is 6.10 Å². The molecule has 1 aromatic carbocycles. The van der Waals surface area contributed by atoms with Gasteiger partial charge in [-0.1, -0.05) is 43.2 Å². The fourth-order valence-corrected chi connectivity index (χ4v) is 3.66. The number of rotatable bonds is 8. The number of hydrogen-bond acceptors (Lipinski definition) is 3. The molecule has 0 saturated heterocycles. The van der Waals surface area contributed by atoms with Crippen molar-refractivity contribution in [2.75, 3.05) is 6.54 Å². The van der Waals surface area contributed by atoms with Gasteiger partial charge in [-0.2, -0.15) is 0 Å². The van der Waals surface area contributed by atoms with Crippen LogP contribution in [0.25, 0.3) is 0 Å². The SMILES string of the molecule is O=C(CCC(=O)NC1CCCC1)NCC1(C(O)c2ccccc2)CC1. The molecule has 0 bridgehead atoms. The molecular weight excluding hydrogens is 316 g/mol. The van der Waals surface area contributed by atoms with E-state index >= 15 is 0 Å². The molecule has 2 aliphatic rings. The van der Waals surface area contributed by atoms with Gasteiger partial charge in [-0.15, -0.1) is 0 Å². The van der Waals surface area contributed by atoms with Crippen molar-refractivity contribution in [2.45, 2.75) is 63.5 Å². The van der Waals surface area contributed by atoms with E-state index in [1.807, 2.05) is 30.3 Å². The Kier molecular flexibility index (Phi) is 5.74. The largest absolute Gasteiger partial charge is 0.388 e. The molecule has 0 aromatic heterocycles. The number of hydrogen-bond donors (Lipinski definition) is 3. The maximum atomic E-state index is 12.0. The Bertz CT molecular complexity index is 592. The van der Waals surface area contributed by atoms with Gasteiger partial charge in [-0.3, -0.25) is 9.59 Å². The van der Waals surface area contributed by atoms with Gasteiger partial charge >= 0.3 is 0 Å². The summed E-state index contributed by atoms with van der Waals surface area (Å²) in [6.07, 6.45) is 6.16. The highest BCUT2D eigenvalue weighted by Gasteiger charge is 2.49. The van der Waals surface area contributed by atoms with E-state index in [4.69, 9.17) is 0 Å². The van der Waals surface area contributed by atoms with Crippen molar-refractivity contribution >= 4 is 11.8 Å². The minimum absolute atomic E-state index is 0.0347. The fourth-order valence-electron chi connectivity index (χ4n) is 3.66. The van der Waals surface area contributed by atoms with E-state index in [-0.39, 0.29) is 30.1 Å². The molecule has 136 valence electrons. The summed E-state index contributed by atoms with van der Waals surface area (Å²) in [6, 6.07) is 9.88. The lowest BCUT2D eigenvalue weighted by molar-refractivity contribution is -0.127. The van der Waals surface area contributed by atoms with Crippen LogP contribution in [0.5, 0.6) is 0 Å². The molecule has 0 spiro atoms. The van der Waals surface area contributed by atoms with Crippen molar-refractivity contribution in [3.8, 4) is 0 Å². The molecular formula is C20H28N2O3. The standard InChI is InChI=1S/C20H28N2O3/c23-17(10-11-18(24)22-16-8-4-5-9-16)21-14-20(12-13-20)19(25)15-6-2-1-3-7-15/h1-3,6-7,16,19,25H,4-5,8-14H2,(H,21,23)(H,22,24). The highest BCUT2D eigenvalue weighted by molar-refractivity contribution is 5.83. The molecule has 0 radical (unpaired) electrons. The highest BCUT2D eigenvalue weighted by Crippen LogP contribution is 2.54. The molecule has 1 aromatic rings. The normalized spacial score (nSPS) is 20.0. The maximum Gasteiger partial charge on any atom is 0.220 e. The van der Waals surface area contributed by atoms with Crippen LogP contribution in [-0.4, -0.2) is 29.5 Å². The Hall–Kier alpha value is -1.88. The van der Waals surface area contributed by atoms with Gasteiger partial charge in [-0.25, -0.2) is 0 Å². The van der Waals surface area contributed by atoms with Crippen LogP contribution in [-0.2, 0) is 9.59 Å². The van der Waals surface area contributed by atoms with Crippen molar-refractivity contribution in [1.82, 2.24) is 10.6 Å². The monoisotopic (exact) mass is 344 g/mol. The van der Waals surface area contributed by atoms with Crippen molar-refractivity contribution in [3.63, 3.8) is 0 Å². The van der Waals surface area contributed by atoms with Gasteiger partial charge in [0.1, 0.15) is 0 Å². The number of benzene rings is 1. The lowest BCUT2D eigenvalue weighted by Crippen LogP contribution is -2.36. The number of carbonyl (C=O) groups excluding carboxylic acids is 2. The average molecular weight is 344 g/mol. The summed E-state index contributed by atoms with van der Waals surface area (Å²) >= 11 is 0. The molecule has 2 saturated carbocycles. The van der Waals surface area contributed by atoms with Crippen molar-refractivity contribution in [2.24, 2.45) is 5.41 Å². The second-order valence-corrected chi connectivity index (χ2v) is 7.50. The van der Waals surface area contributed by atoms with Gasteiger partial charge < -0.3 is 15.7 Å². The van der Waals surface area contributed by atoms with Crippen LogP contribution in [0.4, 0.5) is 0 Å². The van der Waals surface area contributed by atoms with Gasteiger partial charge in [0.15, 0.2) is 0 Å². The molecule has 3 rings (SSSR count). The predicted molar refractivity (Wildman–Crippen MR) is 95.7 cm³/mol. The van der Waals surface area contributed by atoms with Crippen molar-refractivity contribution in [1.29, 1.82) is 0 Å². The molecule has 0 heterocycles. The molecule has 1 unspecified atom stereocenters. The van der Waals surface area contributed by atoms with Crippen molar-refractivity contribution < 1.29 is 14.7 Å². The first-order chi connectivity index (χ1) is 12.1. The summed E-state index contributed by atoms with van der Waals surface area (Å²) in [4.78, 5) is 23.9. The first kappa shape index (κ1) is 17.9. The lowest BCUT2D eigenvalue weighted by atomic mass is 9.92. The Labute approximate surface area is 149 Å². The zero-order valence-electron chi connectivity index (χ0n) is 14.7. The summed E-state index contributed by atoms with van der Waals surface area (Å²) in [6.45, 7) is 0.464. The lowest BCUT2D eigenvalue weighted by Gasteiger charge is -2.23. The van der Waals surface area contributed by atoms with Gasteiger partial charge in [0.2, 0.25) is 11.8 Å². The smallest absolute Gasteiger partial charge is 0.220 e. The van der Waals surface area contributed by atoms with Gasteiger partial charge in [0, 0.05) is 30.8 Å². The minimum Gasteiger partial charge on any atom is -0.388 e. The third-order valence-electron chi connectivity index (χ3n) is 5.52. The number of amides is 2. The number of aliphatic hydroxyl groups is 1. The summed E-state index contributed by atoms with van der Waals surface area (Å²) in [5.74, 6) is -0.152. The van der Waals surface area contributed by atoms with E-state index in [1.165, 1.54) is 12.8 Å². The topological polar surface area (TPSA) is 78.4 Å². The zero-order valence-corrected chi connectivity index (χ0v) is 14.7. The van der Waals surface area contributed by atoms with E-state index in [9.17, 15) is 14.7 Å². The minimum atomic E-state index is -0.556. The Balaban J connectivity index is 1.39. The first-order valence-corrected chi connectivity index (χ1v) is 9.38. The molecule has 2 aliphatic carbocycles. The molecule has 3 N–H and O–H groups in total. The van der Waals surface area contributed by atoms with Gasteiger partial charge in [-0.05, 0) is 31.2 Å². The van der Waals surface area contributed by atoms with Crippen LogP contribution in [0, 0.1) is 5.41 Å². The number of nitrogens with one attached hydrogen (secondary N) is 2. The average Bonchev–Trinajstić information content (AvgIpc) is 3.26. The highest BCUT2D eigenvalue weighted by atomic mass is 16.3. The molecule has 2 fully saturated rings. The Morgan fingerprint density at radius 2 is 1.72 bits per heavy atom. The van der Waals surface area contributed by atoms with E-state index in [2.05, 4.69) is 10.6 Å². The van der Waals surface area contributed by atoms with Crippen LogP contribution >= 0.6 is 0 Å². The fraction of sp³-hybridized carbons (Fsp3) is 0.600. The summed E-state index contributed by atoms with van der Waals surface area (Å²) in [5.41, 5.74) is 0.647. The Morgan fingerprint density at radius 1 is 1.08 bits per heavy atom. The molecule has 5 nitrogen and oxygen atoms in total. The predicted octanol–water partition coefficient (Wildman–Crippen LogP) is 2.46. The molecule has 1 atom stereocenters. The maximum absolute atomic E-state index is 12.0. The Morgan fingerprint density at radius 3 is 2.36 bits per heavy atom. The third-order valence-corrected chi connectivity index (χ3v) is 5.52. The van der Waals surface area contributed by atoms with Gasteiger partial charge in [0.05, 0.1) is 6.10 Å². The third kappa shape index (κ3) is 4.82. The number of carbonyl (C=O) groups is 2. The quantitative estimate of drug-likeness (QED) is 0.678. The second kappa shape index (κ2) is 8.00. The number of aliphatic hydroxyl groups excluding tert-OH is 1. The van der Waals surface area contributed by atoms with E-state index in [1.54, 1.807) is 0 Å². The van der Waals surface area contributed by atoms with E-state index in [0.717, 1.165) is 31.2 Å². The van der Waals surface area contributed by atoms with Gasteiger partial charge in [0.25, 0.3) is 0 Å². The van der Waals surface area contributed by atoms with Crippen LogP contribution < -0.4 is 10.6 Å². The molecule has 0 aliphatic heterocycles. The summed E-state index contributed by atoms with van der Waals surface area (Å²) in [5, 5.41) is 16.5. The zero-order chi connectivity index (χ0) is 17.7. The molecule has 5 heteroatoms. The second-order valence-electron chi connectivity index (χ2n) is 7.50. The van der Waals surface area contributed by atoms with Crippen LogP contribution in [0.2, 0.25) is 0 Å². The van der Waals surface area contributed by atoms with Crippen LogP contribution in [0.3, 0.4) is 0 Å². The van der Waals surface area contributed by atoms with Crippen LogP contribution in [0.1, 0.15) is 63.0 Å². The first-order valence-electron chi connectivity index (χ1n) is 9.38. The van der Waals surface area contributed by atoms with Crippen LogP contribution in [0.15, 0.2) is 30.3 Å². The molecule has 25 heavy (non-hydrogen) atoms. The van der Waals surface area contributed by atoms with Crippen molar-refractivity contribution in [3.05, 3.63) is 35.9 Å².